The van der Waals surface area contributed by atoms with Crippen LogP contribution in [0.15, 0.2) is 182 Å². The van der Waals surface area contributed by atoms with Gasteiger partial charge < -0.3 is 94.6 Å². The van der Waals surface area contributed by atoms with Gasteiger partial charge in [0, 0.05) is 95.1 Å². The first-order chi connectivity index (χ1) is 51.3. The fourth-order valence-electron chi connectivity index (χ4n) is 10.7. The summed E-state index contributed by atoms with van der Waals surface area (Å²) in [6.07, 6.45) is 0. The molecule has 4 N–H and O–H groups in total. The molecule has 13 rings (SSSR count). The number of benzene rings is 8. The summed E-state index contributed by atoms with van der Waals surface area (Å²) in [4.78, 5) is 50.1. The molecule has 30 nitrogen and oxygen atoms in total. The maximum absolute atomic E-state index is 12.8. The Hall–Kier alpha value is -14.6. The van der Waals surface area contributed by atoms with Crippen molar-refractivity contribution >= 4 is 43.9 Å². The molecule has 0 aliphatic heterocycles. The van der Waals surface area contributed by atoms with Crippen LogP contribution in [0.25, 0.3) is 89.2 Å². The average molecular weight is 1450 g/mol. The lowest BCUT2D eigenvalue weighted by atomic mass is 10.1. The Balaban J connectivity index is 0.000000152. The number of tetrazole rings is 1. The van der Waals surface area contributed by atoms with Crippen LogP contribution in [0, 0.1) is 22.7 Å². The van der Waals surface area contributed by atoms with Crippen molar-refractivity contribution in [3.05, 3.63) is 192 Å². The van der Waals surface area contributed by atoms with Gasteiger partial charge in [-0.1, -0.05) is 5.21 Å². The number of aromatic amines is 1. The van der Waals surface area contributed by atoms with Crippen molar-refractivity contribution in [2.45, 2.75) is 6.61 Å². The highest BCUT2D eigenvalue weighted by Crippen LogP contribution is 2.41. The van der Waals surface area contributed by atoms with E-state index in [9.17, 15) is 34.5 Å². The molecule has 5 aromatic heterocycles. The van der Waals surface area contributed by atoms with Gasteiger partial charge in [0.25, 0.3) is 0 Å². The smallest absolute Gasteiger partial charge is 0.211 e. The third-order valence-corrected chi connectivity index (χ3v) is 15.6. The summed E-state index contributed by atoms with van der Waals surface area (Å²) in [6.45, 7) is -0.233. The van der Waals surface area contributed by atoms with E-state index in [2.05, 4.69) is 20.6 Å². The number of nitrogens with one attached hydrogen (secondary N) is 1. The first-order valence-electron chi connectivity index (χ1n) is 31.2. The van der Waals surface area contributed by atoms with Crippen LogP contribution in [0.4, 0.5) is 0 Å². The molecule has 0 aliphatic rings. The Morgan fingerprint density at radius 3 is 1.00 bits per heavy atom. The van der Waals surface area contributed by atoms with Gasteiger partial charge in [0.15, 0.2) is 87.5 Å². The predicted molar refractivity (Wildman–Crippen MR) is 383 cm³/mol. The van der Waals surface area contributed by atoms with E-state index in [0.717, 1.165) is 6.07 Å². The number of hydrogen-bond acceptors (Lipinski definition) is 29. The molecular formula is C76H64N6O24. The van der Waals surface area contributed by atoms with E-state index in [1.54, 1.807) is 111 Å². The number of phenols is 3. The fraction of sp³-hybridized carbons (Fsp3) is 0.171. The zero-order chi connectivity index (χ0) is 75.7. The minimum atomic E-state index is -0.409. The molecule has 0 fully saturated rings. The van der Waals surface area contributed by atoms with Crippen LogP contribution < -0.4 is 83.3 Å². The van der Waals surface area contributed by atoms with Crippen molar-refractivity contribution in [2.75, 3.05) is 84.3 Å². The van der Waals surface area contributed by atoms with Gasteiger partial charge in [0.05, 0.1) is 71.1 Å². The Morgan fingerprint density at radius 2 is 0.670 bits per heavy atom. The van der Waals surface area contributed by atoms with Gasteiger partial charge in [-0.2, -0.15) is 15.7 Å². The molecule has 0 bridgehead atoms. The molecule has 5 heterocycles. The molecular weight excluding hydrogens is 1380 g/mol. The first-order valence-corrected chi connectivity index (χ1v) is 31.2. The molecule has 0 amide bonds. The zero-order valence-corrected chi connectivity index (χ0v) is 58.1. The summed E-state index contributed by atoms with van der Waals surface area (Å²) in [5, 5.41) is 60.9. The van der Waals surface area contributed by atoms with Crippen molar-refractivity contribution in [3.63, 3.8) is 0 Å². The van der Waals surface area contributed by atoms with Gasteiger partial charge in [0.1, 0.15) is 125 Å². The average Bonchev–Trinajstić information content (AvgIpc) is 0.867. The molecule has 0 unspecified atom stereocenters. The number of rotatable bonds is 21. The maximum Gasteiger partial charge on any atom is 0.211 e. The summed E-state index contributed by atoms with van der Waals surface area (Å²) in [7, 11) is 15.2. The summed E-state index contributed by atoms with van der Waals surface area (Å²) >= 11 is 0. The highest BCUT2D eigenvalue weighted by atomic mass is 16.5. The first kappa shape index (κ1) is 74.1. The third kappa shape index (κ3) is 16.6. The van der Waals surface area contributed by atoms with Crippen molar-refractivity contribution in [2.24, 2.45) is 0 Å². The van der Waals surface area contributed by atoms with E-state index in [1.807, 2.05) is 12.1 Å². The molecule has 13 aromatic rings. The van der Waals surface area contributed by atoms with E-state index in [-0.39, 0.29) is 81.4 Å². The van der Waals surface area contributed by atoms with Crippen molar-refractivity contribution in [1.82, 2.24) is 20.6 Å². The largest absolute Gasteiger partial charge is 0.508 e. The van der Waals surface area contributed by atoms with E-state index in [1.165, 1.54) is 99.3 Å². The van der Waals surface area contributed by atoms with Gasteiger partial charge in [0.2, 0.25) is 5.82 Å². The fourth-order valence-corrected chi connectivity index (χ4v) is 10.7. The second kappa shape index (κ2) is 33.7. The molecule has 0 radical (unpaired) electrons. The van der Waals surface area contributed by atoms with E-state index < -0.39 is 10.9 Å². The Morgan fingerprint density at radius 1 is 0.358 bits per heavy atom. The number of methoxy groups -OCH3 is 10. The normalized spacial score (nSPS) is 10.5. The van der Waals surface area contributed by atoms with Crippen LogP contribution in [-0.2, 0) is 6.61 Å². The van der Waals surface area contributed by atoms with Crippen LogP contribution in [0.5, 0.6) is 92.0 Å². The zero-order valence-electron chi connectivity index (χ0n) is 58.1. The van der Waals surface area contributed by atoms with E-state index >= 15 is 0 Å². The standard InChI is InChI=1S/C20H18N4O6.C20H17NO6.C19H15NO6.C17H14O6/c1-26-14-5-4-11(6-16(14)27-2)15-9-13(25)20-17(28-3)7-12(8-18(20)30-15)29-10-19-21-23-24-22-19;1-23-15-5-4-12(8-17(15)24-2)16-11-14(22)20-18(25-3)9-13(26-7-6-21)10-19(20)27-16;1-23-15-4-3-11(7-17(15)24-2)16-10-14(22)19-13(21)8-12(25-6-5-20)9-18(19)26-16;1-21-13-4-3-9(5-15(13)22-2)14-8-12(20)17-11(19)6-10(18)7-16(17)23-14/h4-9H,10H2,1-3H3,(H,21,22,23,24);4-5,8-11H,7H2,1-3H3;3-4,7-10,21H,6H2,1-2H3;3-8,18-19H,1-2H3. The number of ether oxygens (including phenoxy) is 13. The molecule has 30 heteroatoms. The summed E-state index contributed by atoms with van der Waals surface area (Å²) in [5.41, 5.74) is 2.04. The molecule has 542 valence electrons. The highest BCUT2D eigenvalue weighted by molar-refractivity contribution is 5.90. The number of fused-ring (bicyclic) bond motifs is 4. The third-order valence-electron chi connectivity index (χ3n) is 15.6. The molecule has 0 spiro atoms. The number of nitrogens with zero attached hydrogens (tertiary/aromatic N) is 5. The molecule has 0 saturated heterocycles. The number of aromatic hydroxyl groups is 3. The lowest BCUT2D eigenvalue weighted by Crippen LogP contribution is -2.04. The van der Waals surface area contributed by atoms with E-state index in [4.69, 9.17) is 89.8 Å². The summed E-state index contributed by atoms with van der Waals surface area (Å²) < 4.78 is 92.2. The minimum Gasteiger partial charge on any atom is -0.508 e. The number of H-pyrrole nitrogens is 1. The topological polar surface area (TPSA) is 404 Å². The lowest BCUT2D eigenvalue weighted by Gasteiger charge is -2.11. The number of aromatic nitrogens is 4. The van der Waals surface area contributed by atoms with Crippen LogP contribution in [0.1, 0.15) is 5.82 Å². The predicted octanol–water partition coefficient (Wildman–Crippen LogP) is 11.9. The van der Waals surface area contributed by atoms with Gasteiger partial charge in [-0.15, -0.1) is 10.2 Å². The van der Waals surface area contributed by atoms with Crippen LogP contribution >= 0.6 is 0 Å². The second-order valence-corrected chi connectivity index (χ2v) is 21.8. The number of phenolic OH excluding ortho intramolecular Hbond substituents is 3. The quantitative estimate of drug-likeness (QED) is 0.0519. The van der Waals surface area contributed by atoms with Crippen LogP contribution in [-0.4, -0.2) is 120 Å². The molecule has 0 atom stereocenters. The molecule has 0 aliphatic carbocycles. The Labute approximate surface area is 599 Å². The summed E-state index contributed by atoms with van der Waals surface area (Å²) in [6, 6.07) is 41.2. The monoisotopic (exact) mass is 1440 g/mol. The van der Waals surface area contributed by atoms with Crippen molar-refractivity contribution < 1.29 is 94.6 Å². The van der Waals surface area contributed by atoms with Crippen LogP contribution in [0.2, 0.25) is 0 Å². The second-order valence-electron chi connectivity index (χ2n) is 21.8. The van der Waals surface area contributed by atoms with Gasteiger partial charge >= 0.3 is 0 Å². The molecule has 0 saturated carbocycles. The van der Waals surface area contributed by atoms with Gasteiger partial charge in [-0.25, -0.2) is 0 Å². The van der Waals surface area contributed by atoms with Gasteiger partial charge in [-0.3, -0.25) is 19.2 Å². The molecule has 106 heavy (non-hydrogen) atoms. The molecule has 8 aromatic carbocycles. The number of nitriles is 2. The SMILES string of the molecule is COc1ccc(-c2cc(=O)c3c(O)cc(O)cc3o2)cc1OC.COc1ccc(-c2cc(=O)c3c(O)cc(OCC#N)cc3o2)cc1OC.COc1ccc(-c2cc(=O)c3c(OC)cc(OCC#N)cc3o2)cc1OC.COc1ccc(-c2cc(=O)c3c(OC)cc(OCc4nn[nH]n4)cc3o2)cc1OC. The van der Waals surface area contributed by atoms with Crippen molar-refractivity contribution in [3.8, 4) is 149 Å². The number of hydrogen-bond donors (Lipinski definition) is 4. The summed E-state index contributed by atoms with van der Waals surface area (Å²) in [5.74, 6) is 6.81. The van der Waals surface area contributed by atoms with Crippen LogP contribution in [0.3, 0.4) is 0 Å². The van der Waals surface area contributed by atoms with E-state index in [0.29, 0.717) is 136 Å². The Kier molecular flexibility index (Phi) is 23.6. The maximum atomic E-state index is 12.8. The Bertz CT molecular complexity index is 5720. The highest BCUT2D eigenvalue weighted by Gasteiger charge is 2.21. The van der Waals surface area contributed by atoms with Gasteiger partial charge in [-0.05, 0) is 72.8 Å². The minimum absolute atomic E-state index is 0.0204. The van der Waals surface area contributed by atoms with Crippen molar-refractivity contribution in [1.29, 1.82) is 10.5 Å². The lowest BCUT2D eigenvalue weighted by molar-refractivity contribution is 0.294.